The SMILES string of the molecule is CS(=O)(=O)Cc1cccc(C(=O)NNC(=O)c2ccc3c(c2)OCCO3)c1. The summed E-state index contributed by atoms with van der Waals surface area (Å²) in [7, 11) is -3.21. The Morgan fingerprint density at radius 2 is 1.56 bits per heavy atom. The molecule has 1 heterocycles. The minimum atomic E-state index is -3.21. The fourth-order valence-corrected chi connectivity index (χ4v) is 3.33. The number of hydrazine groups is 1. The van der Waals surface area contributed by atoms with E-state index < -0.39 is 21.7 Å². The number of fused-ring (bicyclic) bond motifs is 1. The lowest BCUT2D eigenvalue weighted by Gasteiger charge is -2.18. The highest BCUT2D eigenvalue weighted by Crippen LogP contribution is 2.30. The predicted octanol–water partition coefficient (Wildman–Crippen LogP) is 1.08. The van der Waals surface area contributed by atoms with E-state index in [2.05, 4.69) is 10.9 Å². The highest BCUT2D eigenvalue weighted by Gasteiger charge is 2.16. The Kier molecular flexibility index (Phi) is 5.31. The van der Waals surface area contributed by atoms with Crippen molar-refractivity contribution in [1.29, 1.82) is 0 Å². The number of amides is 2. The van der Waals surface area contributed by atoms with Gasteiger partial charge in [0.25, 0.3) is 11.8 Å². The lowest BCUT2D eigenvalue weighted by Crippen LogP contribution is -2.41. The third-order valence-electron chi connectivity index (χ3n) is 3.71. The number of rotatable bonds is 4. The normalized spacial score (nSPS) is 12.9. The van der Waals surface area contributed by atoms with Crippen LogP contribution in [0.2, 0.25) is 0 Å². The summed E-state index contributed by atoms with van der Waals surface area (Å²) in [5.41, 5.74) is 5.65. The molecular weight excluding hydrogens is 372 g/mol. The fraction of sp³-hybridized carbons (Fsp3) is 0.222. The molecule has 2 amide bonds. The third-order valence-corrected chi connectivity index (χ3v) is 4.57. The number of hydrogen-bond acceptors (Lipinski definition) is 6. The van der Waals surface area contributed by atoms with Gasteiger partial charge in [0.2, 0.25) is 0 Å². The molecule has 0 unspecified atom stereocenters. The van der Waals surface area contributed by atoms with Gasteiger partial charge in [-0.25, -0.2) is 8.42 Å². The first-order valence-electron chi connectivity index (χ1n) is 8.09. The van der Waals surface area contributed by atoms with Crippen LogP contribution in [0.1, 0.15) is 26.3 Å². The maximum atomic E-state index is 12.2. The molecule has 0 saturated heterocycles. The van der Waals surface area contributed by atoms with Crippen LogP contribution in [0.25, 0.3) is 0 Å². The standard InChI is InChI=1S/C18H18N2O6S/c1-27(23,24)11-12-3-2-4-13(9-12)17(21)19-20-18(22)14-5-6-15-16(10-14)26-8-7-25-15/h2-6,9-10H,7-8,11H2,1H3,(H,19,21)(H,20,22). The van der Waals surface area contributed by atoms with E-state index in [9.17, 15) is 18.0 Å². The lowest BCUT2D eigenvalue weighted by atomic mass is 10.1. The van der Waals surface area contributed by atoms with E-state index in [1.165, 1.54) is 18.2 Å². The van der Waals surface area contributed by atoms with Gasteiger partial charge in [-0.2, -0.15) is 0 Å². The quantitative estimate of drug-likeness (QED) is 0.756. The minimum Gasteiger partial charge on any atom is -0.486 e. The summed E-state index contributed by atoms with van der Waals surface area (Å²) in [6.07, 6.45) is 1.12. The smallest absolute Gasteiger partial charge is 0.269 e. The topological polar surface area (TPSA) is 111 Å². The maximum Gasteiger partial charge on any atom is 0.269 e. The van der Waals surface area contributed by atoms with Gasteiger partial charge in [0.15, 0.2) is 21.3 Å². The molecule has 0 aromatic heterocycles. The number of benzene rings is 2. The Morgan fingerprint density at radius 1 is 0.926 bits per heavy atom. The van der Waals surface area contributed by atoms with Gasteiger partial charge in [-0.3, -0.25) is 20.4 Å². The van der Waals surface area contributed by atoms with Crippen LogP contribution in [0, 0.1) is 0 Å². The summed E-state index contributed by atoms with van der Waals surface area (Å²) in [4.78, 5) is 24.4. The van der Waals surface area contributed by atoms with Crippen LogP contribution < -0.4 is 20.3 Å². The van der Waals surface area contributed by atoms with Crippen molar-refractivity contribution in [3.05, 3.63) is 59.2 Å². The van der Waals surface area contributed by atoms with Crippen molar-refractivity contribution < 1.29 is 27.5 Å². The van der Waals surface area contributed by atoms with Gasteiger partial charge in [0.05, 0.1) is 5.75 Å². The summed E-state index contributed by atoms with van der Waals surface area (Å²) < 4.78 is 33.6. The second-order valence-electron chi connectivity index (χ2n) is 6.04. The first-order valence-corrected chi connectivity index (χ1v) is 10.1. The Morgan fingerprint density at radius 3 is 2.22 bits per heavy atom. The molecule has 0 spiro atoms. The molecular formula is C18H18N2O6S. The van der Waals surface area contributed by atoms with E-state index in [1.54, 1.807) is 24.3 Å². The van der Waals surface area contributed by atoms with Crippen molar-refractivity contribution in [3.8, 4) is 11.5 Å². The zero-order valence-corrected chi connectivity index (χ0v) is 15.3. The largest absolute Gasteiger partial charge is 0.486 e. The number of nitrogens with one attached hydrogen (secondary N) is 2. The van der Waals surface area contributed by atoms with Crippen LogP contribution in [0.5, 0.6) is 11.5 Å². The first-order chi connectivity index (χ1) is 12.8. The molecule has 2 aromatic rings. The molecule has 0 bridgehead atoms. The van der Waals surface area contributed by atoms with Crippen molar-refractivity contribution in [1.82, 2.24) is 10.9 Å². The Hall–Kier alpha value is -3.07. The zero-order valence-electron chi connectivity index (χ0n) is 14.5. The summed E-state index contributed by atoms with van der Waals surface area (Å²) >= 11 is 0. The molecule has 9 heteroatoms. The van der Waals surface area contributed by atoms with Gasteiger partial charge in [0.1, 0.15) is 13.2 Å². The minimum absolute atomic E-state index is 0.169. The molecule has 2 aromatic carbocycles. The lowest BCUT2D eigenvalue weighted by molar-refractivity contribution is 0.0846. The van der Waals surface area contributed by atoms with Crippen LogP contribution in [0.3, 0.4) is 0 Å². The number of carbonyl (C=O) groups excluding carboxylic acids is 2. The summed E-state index contributed by atoms with van der Waals surface area (Å²) in [6.45, 7) is 0.853. The summed E-state index contributed by atoms with van der Waals surface area (Å²) in [6, 6.07) is 10.9. The molecule has 1 aliphatic rings. The number of ether oxygens (including phenoxy) is 2. The van der Waals surface area contributed by atoms with Crippen molar-refractivity contribution in [3.63, 3.8) is 0 Å². The Labute approximate surface area is 156 Å². The molecule has 0 fully saturated rings. The maximum absolute atomic E-state index is 12.2. The van der Waals surface area contributed by atoms with Crippen molar-refractivity contribution in [2.45, 2.75) is 5.75 Å². The van der Waals surface area contributed by atoms with Crippen LogP contribution >= 0.6 is 0 Å². The average Bonchev–Trinajstić information content (AvgIpc) is 2.64. The van der Waals surface area contributed by atoms with Crippen molar-refractivity contribution in [2.24, 2.45) is 0 Å². The summed E-state index contributed by atoms with van der Waals surface area (Å²) in [5.74, 6) is -0.223. The molecule has 142 valence electrons. The predicted molar refractivity (Wildman–Crippen MR) is 97.4 cm³/mol. The van der Waals surface area contributed by atoms with Crippen molar-refractivity contribution in [2.75, 3.05) is 19.5 Å². The number of hydrogen-bond donors (Lipinski definition) is 2. The fourth-order valence-electron chi connectivity index (χ4n) is 2.55. The van der Waals surface area contributed by atoms with Crippen LogP contribution in [-0.2, 0) is 15.6 Å². The molecule has 0 aliphatic carbocycles. The Balaban J connectivity index is 1.63. The molecule has 8 nitrogen and oxygen atoms in total. The van der Waals surface area contributed by atoms with Gasteiger partial charge < -0.3 is 9.47 Å². The molecule has 0 atom stereocenters. The first kappa shape index (κ1) is 18.7. The summed E-state index contributed by atoms with van der Waals surface area (Å²) in [5, 5.41) is 0. The monoisotopic (exact) mass is 390 g/mol. The molecule has 3 rings (SSSR count). The molecule has 27 heavy (non-hydrogen) atoms. The third kappa shape index (κ3) is 4.98. The molecule has 1 aliphatic heterocycles. The molecule has 2 N–H and O–H groups in total. The molecule has 0 saturated carbocycles. The number of sulfone groups is 1. The van der Waals surface area contributed by atoms with Gasteiger partial charge in [0, 0.05) is 17.4 Å². The second kappa shape index (κ2) is 7.67. The van der Waals surface area contributed by atoms with E-state index in [1.807, 2.05) is 0 Å². The zero-order chi connectivity index (χ0) is 19.4. The molecule has 0 radical (unpaired) electrons. The van der Waals surface area contributed by atoms with E-state index >= 15 is 0 Å². The van der Waals surface area contributed by atoms with E-state index in [0.717, 1.165) is 6.26 Å². The second-order valence-corrected chi connectivity index (χ2v) is 8.18. The Bertz CT molecular complexity index is 987. The van der Waals surface area contributed by atoms with Crippen LogP contribution in [-0.4, -0.2) is 39.7 Å². The van der Waals surface area contributed by atoms with E-state index in [4.69, 9.17) is 9.47 Å². The highest BCUT2D eigenvalue weighted by atomic mass is 32.2. The highest BCUT2D eigenvalue weighted by molar-refractivity contribution is 7.89. The van der Waals surface area contributed by atoms with E-state index in [0.29, 0.717) is 35.8 Å². The van der Waals surface area contributed by atoms with Gasteiger partial charge in [-0.05, 0) is 35.9 Å². The van der Waals surface area contributed by atoms with Crippen LogP contribution in [0.4, 0.5) is 0 Å². The van der Waals surface area contributed by atoms with E-state index in [-0.39, 0.29) is 11.3 Å². The van der Waals surface area contributed by atoms with Crippen molar-refractivity contribution >= 4 is 21.7 Å². The average molecular weight is 390 g/mol. The number of carbonyl (C=O) groups is 2. The van der Waals surface area contributed by atoms with Crippen LogP contribution in [0.15, 0.2) is 42.5 Å². The van der Waals surface area contributed by atoms with Gasteiger partial charge in [-0.1, -0.05) is 12.1 Å². The van der Waals surface area contributed by atoms with Gasteiger partial charge in [-0.15, -0.1) is 0 Å². The van der Waals surface area contributed by atoms with Gasteiger partial charge >= 0.3 is 0 Å².